The number of aryl methyl sites for hydroxylation is 1. The summed E-state index contributed by atoms with van der Waals surface area (Å²) in [7, 11) is -3.58. The van der Waals surface area contributed by atoms with Gasteiger partial charge >= 0.3 is 10.1 Å². The van der Waals surface area contributed by atoms with Crippen LogP contribution in [0.15, 0.2) is 30.3 Å². The van der Waals surface area contributed by atoms with Gasteiger partial charge in [0.05, 0.1) is 11.3 Å². The minimum absolute atomic E-state index is 0.202. The van der Waals surface area contributed by atoms with Gasteiger partial charge in [-0.3, -0.25) is 0 Å². The molecule has 0 amide bonds. The Bertz CT molecular complexity index is 677. The van der Waals surface area contributed by atoms with Gasteiger partial charge in [0.25, 0.3) is 0 Å². The first kappa shape index (κ1) is 12.2. The molecule has 0 heterocycles. The molecule has 2 rings (SSSR count). The summed E-state index contributed by atoms with van der Waals surface area (Å²) in [5.41, 5.74) is 0.694. The van der Waals surface area contributed by atoms with Crippen LogP contribution in [0.25, 0.3) is 10.8 Å². The van der Waals surface area contributed by atoms with Gasteiger partial charge < -0.3 is 4.18 Å². The molecule has 2 aromatic rings. The molecule has 0 unspecified atom stereocenters. The second-order valence-corrected chi connectivity index (χ2v) is 5.80. The van der Waals surface area contributed by atoms with Crippen molar-refractivity contribution < 1.29 is 12.6 Å². The maximum Gasteiger partial charge on any atom is 0.306 e. The zero-order valence-electron chi connectivity index (χ0n) is 9.40. The van der Waals surface area contributed by atoms with Crippen LogP contribution in [0.3, 0.4) is 0 Å². The highest BCUT2D eigenvalue weighted by Crippen LogP contribution is 2.36. The van der Waals surface area contributed by atoms with Crippen molar-refractivity contribution in [1.82, 2.24) is 0 Å². The molecule has 90 valence electrons. The van der Waals surface area contributed by atoms with Crippen LogP contribution in [0.4, 0.5) is 0 Å². The largest absolute Gasteiger partial charge is 0.381 e. The molecule has 0 saturated heterocycles. The molecule has 0 saturated carbocycles. The van der Waals surface area contributed by atoms with Crippen molar-refractivity contribution in [3.63, 3.8) is 0 Å². The fourth-order valence-corrected chi connectivity index (χ4v) is 2.59. The third kappa shape index (κ3) is 2.53. The molecule has 0 fully saturated rings. The molecule has 0 radical (unpaired) electrons. The fraction of sp³-hybridized carbons (Fsp3) is 0.167. The third-order valence-electron chi connectivity index (χ3n) is 2.36. The predicted molar refractivity (Wildman–Crippen MR) is 69.2 cm³/mol. The number of halogens is 1. The molecule has 0 aliphatic rings. The number of fused-ring (bicyclic) bond motifs is 1. The van der Waals surface area contributed by atoms with Gasteiger partial charge in [-0.1, -0.05) is 35.9 Å². The van der Waals surface area contributed by atoms with Crippen LogP contribution in [0, 0.1) is 6.92 Å². The lowest BCUT2D eigenvalue weighted by Crippen LogP contribution is -2.07. The van der Waals surface area contributed by atoms with Gasteiger partial charge in [0.15, 0.2) is 5.75 Å². The first-order valence-electron chi connectivity index (χ1n) is 4.96. The highest BCUT2D eigenvalue weighted by atomic mass is 35.5. The van der Waals surface area contributed by atoms with E-state index >= 15 is 0 Å². The topological polar surface area (TPSA) is 43.4 Å². The van der Waals surface area contributed by atoms with Gasteiger partial charge in [0, 0.05) is 5.39 Å². The van der Waals surface area contributed by atoms with E-state index in [9.17, 15) is 8.42 Å². The molecule has 0 aromatic heterocycles. The van der Waals surface area contributed by atoms with E-state index in [1.165, 1.54) is 0 Å². The van der Waals surface area contributed by atoms with Crippen LogP contribution in [-0.2, 0) is 10.1 Å². The lowest BCUT2D eigenvalue weighted by atomic mass is 10.1. The Balaban J connectivity index is 2.72. The molecule has 3 nitrogen and oxygen atoms in total. The van der Waals surface area contributed by atoms with Crippen molar-refractivity contribution >= 4 is 32.5 Å². The predicted octanol–water partition coefficient (Wildman–Crippen LogP) is 3.14. The summed E-state index contributed by atoms with van der Waals surface area (Å²) in [4.78, 5) is 0. The molecule has 0 atom stereocenters. The smallest absolute Gasteiger partial charge is 0.306 e. The first-order valence-corrected chi connectivity index (χ1v) is 7.15. The summed E-state index contributed by atoms with van der Waals surface area (Å²) in [6, 6.07) is 9.33. The molecular weight excluding hydrogens is 260 g/mol. The highest BCUT2D eigenvalue weighted by molar-refractivity contribution is 7.86. The Morgan fingerprint density at radius 3 is 2.53 bits per heavy atom. The summed E-state index contributed by atoms with van der Waals surface area (Å²) < 4.78 is 27.2. The minimum Gasteiger partial charge on any atom is -0.381 e. The fourth-order valence-electron chi connectivity index (χ4n) is 1.67. The molecule has 17 heavy (non-hydrogen) atoms. The lowest BCUT2D eigenvalue weighted by molar-refractivity contribution is 0.491. The van der Waals surface area contributed by atoms with E-state index in [1.54, 1.807) is 6.92 Å². The molecular formula is C12H11ClO3S. The Kier molecular flexibility index (Phi) is 3.02. The molecule has 0 N–H and O–H groups in total. The Morgan fingerprint density at radius 1 is 1.24 bits per heavy atom. The first-order chi connectivity index (χ1) is 7.88. The molecule has 0 aliphatic heterocycles. The number of hydrogen-bond acceptors (Lipinski definition) is 3. The van der Waals surface area contributed by atoms with E-state index in [1.807, 2.05) is 30.3 Å². The zero-order valence-corrected chi connectivity index (χ0v) is 11.0. The summed E-state index contributed by atoms with van der Waals surface area (Å²) in [5.74, 6) is 0.202. The monoisotopic (exact) mass is 270 g/mol. The van der Waals surface area contributed by atoms with Crippen molar-refractivity contribution in [2.45, 2.75) is 6.92 Å². The Morgan fingerprint density at radius 2 is 1.88 bits per heavy atom. The number of benzene rings is 2. The van der Waals surface area contributed by atoms with Crippen LogP contribution >= 0.6 is 11.6 Å². The van der Waals surface area contributed by atoms with E-state index in [0.29, 0.717) is 10.6 Å². The van der Waals surface area contributed by atoms with Gasteiger partial charge in [0.2, 0.25) is 0 Å². The van der Waals surface area contributed by atoms with E-state index in [-0.39, 0.29) is 5.75 Å². The lowest BCUT2D eigenvalue weighted by Gasteiger charge is -2.11. The van der Waals surface area contributed by atoms with Crippen molar-refractivity contribution in [3.05, 3.63) is 40.9 Å². The minimum atomic E-state index is -3.58. The van der Waals surface area contributed by atoms with Crippen molar-refractivity contribution in [1.29, 1.82) is 0 Å². The summed E-state index contributed by atoms with van der Waals surface area (Å²) in [6.07, 6.45) is 0.998. The van der Waals surface area contributed by atoms with Crippen LogP contribution in [0.1, 0.15) is 5.56 Å². The molecule has 5 heteroatoms. The molecule has 0 spiro atoms. The average Bonchev–Trinajstić information content (AvgIpc) is 2.23. The van der Waals surface area contributed by atoms with E-state index < -0.39 is 10.1 Å². The number of hydrogen-bond donors (Lipinski definition) is 0. The van der Waals surface area contributed by atoms with Gasteiger partial charge in [0.1, 0.15) is 0 Å². The van der Waals surface area contributed by atoms with Gasteiger partial charge in [-0.2, -0.15) is 8.42 Å². The van der Waals surface area contributed by atoms with E-state index in [0.717, 1.165) is 17.0 Å². The molecule has 0 aliphatic carbocycles. The molecule has 0 bridgehead atoms. The van der Waals surface area contributed by atoms with Gasteiger partial charge in [-0.05, 0) is 23.9 Å². The molecule has 2 aromatic carbocycles. The van der Waals surface area contributed by atoms with Crippen LogP contribution in [0.2, 0.25) is 5.02 Å². The van der Waals surface area contributed by atoms with E-state index in [2.05, 4.69) is 0 Å². The van der Waals surface area contributed by atoms with Crippen LogP contribution < -0.4 is 4.18 Å². The quantitative estimate of drug-likeness (QED) is 0.788. The SMILES string of the molecule is Cc1cc2ccccc2c(Cl)c1OS(C)(=O)=O. The van der Waals surface area contributed by atoms with E-state index in [4.69, 9.17) is 15.8 Å². The second kappa shape index (κ2) is 4.20. The highest BCUT2D eigenvalue weighted by Gasteiger charge is 2.14. The summed E-state index contributed by atoms with van der Waals surface area (Å²) >= 11 is 6.16. The average molecular weight is 271 g/mol. The normalized spacial score (nSPS) is 11.7. The maximum absolute atomic E-state index is 11.2. The zero-order chi connectivity index (χ0) is 12.6. The van der Waals surface area contributed by atoms with Crippen LogP contribution in [-0.4, -0.2) is 14.7 Å². The van der Waals surface area contributed by atoms with Crippen molar-refractivity contribution in [3.8, 4) is 5.75 Å². The van der Waals surface area contributed by atoms with Gasteiger partial charge in [-0.15, -0.1) is 0 Å². The standard InChI is InChI=1S/C12H11ClO3S/c1-8-7-9-5-3-4-6-10(9)11(13)12(8)16-17(2,14)15/h3-7H,1-2H3. The van der Waals surface area contributed by atoms with Gasteiger partial charge in [-0.25, -0.2) is 0 Å². The van der Waals surface area contributed by atoms with Crippen molar-refractivity contribution in [2.24, 2.45) is 0 Å². The Labute approximate surface area is 105 Å². The third-order valence-corrected chi connectivity index (χ3v) is 3.21. The maximum atomic E-state index is 11.2. The number of rotatable bonds is 2. The summed E-state index contributed by atoms with van der Waals surface area (Å²) in [6.45, 7) is 1.76. The summed E-state index contributed by atoms with van der Waals surface area (Å²) in [5, 5.41) is 2.06. The van der Waals surface area contributed by atoms with Crippen molar-refractivity contribution in [2.75, 3.05) is 6.26 Å². The van der Waals surface area contributed by atoms with Crippen LogP contribution in [0.5, 0.6) is 5.75 Å². The Hall–Kier alpha value is -1.26. The second-order valence-electron chi connectivity index (χ2n) is 3.85.